The molecule has 0 spiro atoms. The summed E-state index contributed by atoms with van der Waals surface area (Å²) < 4.78 is 40.7. The highest BCUT2D eigenvalue weighted by molar-refractivity contribution is 9.10. The summed E-state index contributed by atoms with van der Waals surface area (Å²) in [5.41, 5.74) is 1.07. The molecule has 0 saturated carbocycles. The van der Waals surface area contributed by atoms with Crippen LogP contribution in [0.5, 0.6) is 5.75 Å². The van der Waals surface area contributed by atoms with Gasteiger partial charge in [0.25, 0.3) is 5.91 Å². The first-order valence-corrected chi connectivity index (χ1v) is 14.3. The molecule has 0 bridgehead atoms. The number of rotatable bonds is 11. The van der Waals surface area contributed by atoms with Crippen LogP contribution in [0.25, 0.3) is 0 Å². The fourth-order valence-corrected chi connectivity index (χ4v) is 5.32. The van der Waals surface area contributed by atoms with Gasteiger partial charge in [-0.25, -0.2) is 13.8 Å². The fourth-order valence-electron chi connectivity index (χ4n) is 4.89. The Kier molecular flexibility index (Phi) is 9.29. The second-order valence-electron chi connectivity index (χ2n) is 9.93. The standard InChI is InChI=1S/C33H29BrF2N2O4/c34-29-10-5-4-9-25(29)20-33(32(40)37-21-22-17-26(35)19-27(36)18-22)30(23-7-2-1-3-8-23)42-31(38-33)24-11-13-28(14-12-24)41-16-6-15-39/h1-5,7-14,17-19,30,39H,6,15-16,20-21H2,(H,37,40)/t30-,33-/m1/s1. The molecule has 1 amide bonds. The maximum atomic E-state index is 14.2. The SMILES string of the molecule is O=C(NCc1cc(F)cc(F)c1)[C@]1(Cc2ccccc2Br)N=C(c2ccc(OCCCO)cc2)O[C@@H]1c1ccccc1. The Morgan fingerprint density at radius 2 is 1.67 bits per heavy atom. The molecule has 9 heteroatoms. The molecule has 1 heterocycles. The quantitative estimate of drug-likeness (QED) is 0.190. The van der Waals surface area contributed by atoms with E-state index < -0.39 is 29.2 Å². The molecule has 5 rings (SSSR count). The lowest BCUT2D eigenvalue weighted by atomic mass is 9.82. The number of nitrogens with zero attached hydrogens (tertiary/aromatic N) is 1. The average Bonchev–Trinajstić information content (AvgIpc) is 3.38. The summed E-state index contributed by atoms with van der Waals surface area (Å²) in [6, 6.07) is 27.3. The number of benzene rings is 4. The first-order valence-electron chi connectivity index (χ1n) is 13.5. The van der Waals surface area contributed by atoms with E-state index in [1.807, 2.05) is 54.6 Å². The highest BCUT2D eigenvalue weighted by Gasteiger charge is 2.53. The van der Waals surface area contributed by atoms with E-state index in [0.717, 1.165) is 21.7 Å². The summed E-state index contributed by atoms with van der Waals surface area (Å²) in [6.45, 7) is 0.324. The monoisotopic (exact) mass is 634 g/mol. The third-order valence-electron chi connectivity index (χ3n) is 6.93. The molecular weight excluding hydrogens is 606 g/mol. The van der Waals surface area contributed by atoms with E-state index in [0.29, 0.717) is 24.3 Å². The minimum Gasteiger partial charge on any atom is -0.494 e. The van der Waals surface area contributed by atoms with Crippen molar-refractivity contribution in [1.82, 2.24) is 5.32 Å². The minimum atomic E-state index is -1.46. The second-order valence-corrected chi connectivity index (χ2v) is 10.8. The molecule has 4 aromatic carbocycles. The zero-order chi connectivity index (χ0) is 29.5. The number of aliphatic imine (C=N–C) groups is 1. The molecule has 0 aliphatic carbocycles. The Hall–Kier alpha value is -4.08. The Labute approximate surface area is 251 Å². The van der Waals surface area contributed by atoms with Gasteiger partial charge in [0.15, 0.2) is 11.6 Å². The highest BCUT2D eigenvalue weighted by Crippen LogP contribution is 2.43. The number of amides is 1. The van der Waals surface area contributed by atoms with Crippen molar-refractivity contribution in [1.29, 1.82) is 0 Å². The van der Waals surface area contributed by atoms with Gasteiger partial charge in [-0.05, 0) is 59.2 Å². The maximum absolute atomic E-state index is 14.2. The largest absolute Gasteiger partial charge is 0.494 e. The number of nitrogens with one attached hydrogen (secondary N) is 1. The van der Waals surface area contributed by atoms with E-state index in [9.17, 15) is 13.6 Å². The van der Waals surface area contributed by atoms with Gasteiger partial charge in [0.2, 0.25) is 5.90 Å². The average molecular weight is 636 g/mol. The summed E-state index contributed by atoms with van der Waals surface area (Å²) in [5.74, 6) is -0.985. The van der Waals surface area contributed by atoms with E-state index in [4.69, 9.17) is 19.6 Å². The van der Waals surface area contributed by atoms with Crippen molar-refractivity contribution >= 4 is 27.7 Å². The van der Waals surface area contributed by atoms with Gasteiger partial charge in [0.05, 0.1) is 6.61 Å². The van der Waals surface area contributed by atoms with Crippen LogP contribution in [0.1, 0.15) is 34.8 Å². The van der Waals surface area contributed by atoms with Crippen molar-refractivity contribution in [2.24, 2.45) is 4.99 Å². The van der Waals surface area contributed by atoms with Crippen LogP contribution in [0.2, 0.25) is 0 Å². The van der Waals surface area contributed by atoms with Gasteiger partial charge >= 0.3 is 0 Å². The van der Waals surface area contributed by atoms with Crippen molar-refractivity contribution in [3.63, 3.8) is 0 Å². The van der Waals surface area contributed by atoms with Gasteiger partial charge in [0.1, 0.15) is 17.4 Å². The normalized spacial score (nSPS) is 17.8. The molecule has 6 nitrogen and oxygen atoms in total. The highest BCUT2D eigenvalue weighted by atomic mass is 79.9. The number of hydrogen-bond donors (Lipinski definition) is 2. The first kappa shape index (κ1) is 29.4. The number of halogens is 3. The van der Waals surface area contributed by atoms with Crippen molar-refractivity contribution in [3.8, 4) is 5.75 Å². The van der Waals surface area contributed by atoms with Gasteiger partial charge < -0.3 is 19.9 Å². The van der Waals surface area contributed by atoms with Crippen LogP contribution in [-0.4, -0.2) is 35.7 Å². The number of carbonyl (C=O) groups is 1. The van der Waals surface area contributed by atoms with Crippen molar-refractivity contribution in [2.45, 2.75) is 31.0 Å². The van der Waals surface area contributed by atoms with Crippen molar-refractivity contribution < 1.29 is 28.2 Å². The van der Waals surface area contributed by atoms with Gasteiger partial charge in [-0.3, -0.25) is 4.79 Å². The second kappa shape index (κ2) is 13.3. The first-order chi connectivity index (χ1) is 20.4. The van der Waals surface area contributed by atoms with E-state index in [1.54, 1.807) is 24.3 Å². The lowest BCUT2D eigenvalue weighted by molar-refractivity contribution is -0.129. The molecular formula is C33H29BrF2N2O4. The van der Waals surface area contributed by atoms with Gasteiger partial charge in [-0.2, -0.15) is 0 Å². The molecule has 0 saturated heterocycles. The number of carbonyl (C=O) groups excluding carboxylic acids is 1. The molecule has 0 fully saturated rings. The molecule has 2 atom stereocenters. The number of ether oxygens (including phenoxy) is 2. The summed E-state index contributed by atoms with van der Waals surface area (Å²) in [4.78, 5) is 19.2. The summed E-state index contributed by atoms with van der Waals surface area (Å²) >= 11 is 3.60. The van der Waals surface area contributed by atoms with Crippen LogP contribution in [0.3, 0.4) is 0 Å². The van der Waals surface area contributed by atoms with Gasteiger partial charge in [-0.1, -0.05) is 64.5 Å². The maximum Gasteiger partial charge on any atom is 0.252 e. The number of aliphatic hydroxyl groups excluding tert-OH is 1. The summed E-state index contributed by atoms with van der Waals surface area (Å²) in [6.07, 6.45) is -0.0976. The Morgan fingerprint density at radius 3 is 2.36 bits per heavy atom. The number of hydrogen-bond acceptors (Lipinski definition) is 5. The molecule has 0 aromatic heterocycles. The molecule has 0 unspecified atom stereocenters. The third kappa shape index (κ3) is 6.69. The lowest BCUT2D eigenvalue weighted by Crippen LogP contribution is -2.49. The lowest BCUT2D eigenvalue weighted by Gasteiger charge is -2.31. The van der Waals surface area contributed by atoms with Gasteiger partial charge in [0, 0.05) is 42.1 Å². The molecule has 4 aromatic rings. The van der Waals surface area contributed by atoms with E-state index >= 15 is 0 Å². The molecule has 1 aliphatic heterocycles. The van der Waals surface area contributed by atoms with Crippen molar-refractivity contribution in [3.05, 3.63) is 135 Å². The Balaban J connectivity index is 1.55. The van der Waals surface area contributed by atoms with E-state index in [2.05, 4.69) is 21.2 Å². The minimum absolute atomic E-state index is 0.0411. The summed E-state index contributed by atoms with van der Waals surface area (Å²) in [7, 11) is 0. The molecule has 0 radical (unpaired) electrons. The van der Waals surface area contributed by atoms with Crippen LogP contribution in [-0.2, 0) is 22.5 Å². The van der Waals surface area contributed by atoms with E-state index in [1.165, 1.54) is 12.1 Å². The molecule has 2 N–H and O–H groups in total. The van der Waals surface area contributed by atoms with Crippen LogP contribution >= 0.6 is 15.9 Å². The Morgan fingerprint density at radius 1 is 0.976 bits per heavy atom. The predicted molar refractivity (Wildman–Crippen MR) is 159 cm³/mol. The predicted octanol–water partition coefficient (Wildman–Crippen LogP) is 6.30. The molecule has 216 valence electrons. The third-order valence-corrected chi connectivity index (χ3v) is 7.70. The van der Waals surface area contributed by atoms with Crippen molar-refractivity contribution in [2.75, 3.05) is 13.2 Å². The van der Waals surface area contributed by atoms with Crippen LogP contribution in [0.4, 0.5) is 8.78 Å². The fraction of sp³-hybridized carbons (Fsp3) is 0.212. The molecule has 1 aliphatic rings. The van der Waals surface area contributed by atoms with Crippen LogP contribution < -0.4 is 10.1 Å². The van der Waals surface area contributed by atoms with Crippen LogP contribution in [0, 0.1) is 11.6 Å². The smallest absolute Gasteiger partial charge is 0.252 e. The topological polar surface area (TPSA) is 80.2 Å². The molecule has 42 heavy (non-hydrogen) atoms. The van der Waals surface area contributed by atoms with Gasteiger partial charge in [-0.15, -0.1) is 0 Å². The zero-order valence-corrected chi connectivity index (χ0v) is 24.2. The zero-order valence-electron chi connectivity index (χ0n) is 22.6. The van der Waals surface area contributed by atoms with Crippen LogP contribution in [0.15, 0.2) is 107 Å². The Bertz CT molecular complexity index is 1550. The van der Waals surface area contributed by atoms with E-state index in [-0.39, 0.29) is 31.0 Å². The summed E-state index contributed by atoms with van der Waals surface area (Å²) in [5, 5.41) is 11.9. The number of aliphatic hydroxyl groups is 1.